The number of methoxy groups -OCH3 is 1. The largest absolute Gasteiger partial charge is 0.497 e. The van der Waals surface area contributed by atoms with Gasteiger partial charge in [0.2, 0.25) is 0 Å². The number of halogens is 3. The molecule has 0 amide bonds. The Kier molecular flexibility index (Phi) is 7.40. The minimum atomic E-state index is -0.452. The van der Waals surface area contributed by atoms with E-state index in [-0.39, 0.29) is 35.0 Å². The van der Waals surface area contributed by atoms with Crippen LogP contribution in [0, 0.1) is 5.82 Å². The zero-order valence-corrected chi connectivity index (χ0v) is 14.9. The molecular formula is C15H16ClFIN3O. The van der Waals surface area contributed by atoms with E-state index in [2.05, 4.69) is 10.3 Å². The van der Waals surface area contributed by atoms with Gasteiger partial charge in [-0.3, -0.25) is 0 Å². The van der Waals surface area contributed by atoms with Crippen molar-refractivity contribution in [2.75, 3.05) is 12.4 Å². The second-order valence-electron chi connectivity index (χ2n) is 4.31. The highest BCUT2D eigenvalue weighted by molar-refractivity contribution is 14.0. The average molecular weight is 436 g/mol. The highest BCUT2D eigenvalue weighted by Crippen LogP contribution is 2.17. The number of nitrogens with one attached hydrogen (secondary N) is 1. The Balaban J connectivity index is 0.00000242. The summed E-state index contributed by atoms with van der Waals surface area (Å²) in [5.74, 6) is 0.522. The molecule has 4 nitrogen and oxygen atoms in total. The molecule has 0 spiro atoms. The number of hydrogen-bond acceptors (Lipinski definition) is 2. The van der Waals surface area contributed by atoms with Gasteiger partial charge in [-0.2, -0.15) is 0 Å². The van der Waals surface area contributed by atoms with Crippen molar-refractivity contribution in [1.29, 1.82) is 0 Å². The number of rotatable bonds is 4. The van der Waals surface area contributed by atoms with Gasteiger partial charge in [0.05, 0.1) is 18.7 Å². The number of aliphatic imine (C=N–C) groups is 1. The maximum absolute atomic E-state index is 13.0. The molecule has 0 aliphatic heterocycles. The zero-order valence-electron chi connectivity index (χ0n) is 11.8. The fourth-order valence-corrected chi connectivity index (χ4v) is 1.91. The van der Waals surface area contributed by atoms with E-state index in [1.54, 1.807) is 19.2 Å². The van der Waals surface area contributed by atoms with Gasteiger partial charge in [0.25, 0.3) is 0 Å². The molecule has 3 N–H and O–H groups in total. The molecular weight excluding hydrogens is 420 g/mol. The average Bonchev–Trinajstić information content (AvgIpc) is 2.48. The van der Waals surface area contributed by atoms with E-state index >= 15 is 0 Å². The van der Waals surface area contributed by atoms with Crippen molar-refractivity contribution in [1.82, 2.24) is 0 Å². The molecule has 0 heterocycles. The van der Waals surface area contributed by atoms with E-state index in [9.17, 15) is 4.39 Å². The van der Waals surface area contributed by atoms with Crippen molar-refractivity contribution in [3.8, 4) is 5.75 Å². The predicted octanol–water partition coefficient (Wildman–Crippen LogP) is 4.03. The lowest BCUT2D eigenvalue weighted by atomic mass is 10.2. The lowest BCUT2D eigenvalue weighted by Gasteiger charge is -2.07. The minimum Gasteiger partial charge on any atom is -0.497 e. The van der Waals surface area contributed by atoms with E-state index in [0.29, 0.717) is 6.54 Å². The van der Waals surface area contributed by atoms with Crippen molar-refractivity contribution < 1.29 is 9.13 Å². The van der Waals surface area contributed by atoms with Crippen LogP contribution in [0.4, 0.5) is 10.1 Å². The Bertz CT molecular complexity index is 667. The van der Waals surface area contributed by atoms with E-state index in [0.717, 1.165) is 17.0 Å². The van der Waals surface area contributed by atoms with Crippen LogP contribution in [0.15, 0.2) is 47.5 Å². The SMILES string of the molecule is COc1cccc(NC(N)=NCc2ccc(F)c(Cl)c2)c1.I. The van der Waals surface area contributed by atoms with E-state index in [1.807, 2.05) is 18.2 Å². The lowest BCUT2D eigenvalue weighted by molar-refractivity contribution is 0.415. The molecule has 0 aliphatic rings. The van der Waals surface area contributed by atoms with Crippen molar-refractivity contribution >= 4 is 47.2 Å². The molecule has 2 aromatic carbocycles. The van der Waals surface area contributed by atoms with Crippen molar-refractivity contribution in [3.05, 3.63) is 58.9 Å². The van der Waals surface area contributed by atoms with Crippen molar-refractivity contribution in [2.45, 2.75) is 6.54 Å². The van der Waals surface area contributed by atoms with E-state index < -0.39 is 5.82 Å². The summed E-state index contributed by atoms with van der Waals surface area (Å²) in [5, 5.41) is 3.02. The molecule has 2 aromatic rings. The highest BCUT2D eigenvalue weighted by Gasteiger charge is 2.01. The summed E-state index contributed by atoms with van der Waals surface area (Å²) in [6.07, 6.45) is 0. The van der Waals surface area contributed by atoms with Gasteiger partial charge < -0.3 is 15.8 Å². The molecule has 0 saturated carbocycles. The summed E-state index contributed by atoms with van der Waals surface area (Å²) in [6, 6.07) is 11.8. The first-order chi connectivity index (χ1) is 10.1. The standard InChI is InChI=1S/C15H15ClFN3O.HI/c1-21-12-4-2-3-11(8-12)20-15(18)19-9-10-5-6-14(17)13(16)7-10;/h2-8H,9H2,1H3,(H3,18,19,20);1H. The number of nitrogens with zero attached hydrogens (tertiary/aromatic N) is 1. The van der Waals surface area contributed by atoms with Crippen LogP contribution in [0.1, 0.15) is 5.56 Å². The fraction of sp³-hybridized carbons (Fsp3) is 0.133. The number of ether oxygens (including phenoxy) is 1. The van der Waals surface area contributed by atoms with Crippen LogP contribution in [0.5, 0.6) is 5.75 Å². The minimum absolute atomic E-state index is 0. The van der Waals surface area contributed by atoms with E-state index in [1.165, 1.54) is 12.1 Å². The van der Waals surface area contributed by atoms with Crippen molar-refractivity contribution in [3.63, 3.8) is 0 Å². The summed E-state index contributed by atoms with van der Waals surface area (Å²) in [5.41, 5.74) is 7.35. The molecule has 0 aliphatic carbocycles. The quantitative estimate of drug-likeness (QED) is 0.433. The second kappa shape index (κ2) is 8.79. The molecule has 0 fully saturated rings. The predicted molar refractivity (Wildman–Crippen MR) is 98.8 cm³/mol. The molecule has 7 heteroatoms. The van der Waals surface area contributed by atoms with Crippen LogP contribution in [-0.4, -0.2) is 13.1 Å². The summed E-state index contributed by atoms with van der Waals surface area (Å²) >= 11 is 5.71. The number of nitrogens with two attached hydrogens (primary N) is 1. The van der Waals surface area contributed by atoms with Gasteiger partial charge >= 0.3 is 0 Å². The van der Waals surface area contributed by atoms with Gasteiger partial charge in [0.1, 0.15) is 11.6 Å². The topological polar surface area (TPSA) is 59.6 Å². The van der Waals surface area contributed by atoms with Gasteiger partial charge in [-0.25, -0.2) is 9.38 Å². The smallest absolute Gasteiger partial charge is 0.193 e. The Morgan fingerprint density at radius 1 is 1.32 bits per heavy atom. The van der Waals surface area contributed by atoms with Crippen LogP contribution < -0.4 is 15.8 Å². The first-order valence-electron chi connectivity index (χ1n) is 6.23. The molecule has 0 atom stereocenters. The zero-order chi connectivity index (χ0) is 15.2. The van der Waals surface area contributed by atoms with Crippen LogP contribution in [0.3, 0.4) is 0 Å². The molecule has 0 saturated heterocycles. The molecule has 0 unspecified atom stereocenters. The summed E-state index contributed by atoms with van der Waals surface area (Å²) in [6.45, 7) is 0.308. The summed E-state index contributed by atoms with van der Waals surface area (Å²) in [4.78, 5) is 4.18. The fourth-order valence-electron chi connectivity index (χ4n) is 1.70. The maximum Gasteiger partial charge on any atom is 0.193 e. The van der Waals surface area contributed by atoms with Gasteiger partial charge in [-0.15, -0.1) is 24.0 Å². The van der Waals surface area contributed by atoms with Gasteiger partial charge in [-0.1, -0.05) is 23.7 Å². The second-order valence-corrected chi connectivity index (χ2v) is 4.71. The number of guanidine groups is 1. The molecule has 118 valence electrons. The van der Waals surface area contributed by atoms with E-state index in [4.69, 9.17) is 22.1 Å². The van der Waals surface area contributed by atoms with Crippen LogP contribution in [0.25, 0.3) is 0 Å². The Hall–Kier alpha value is -1.54. The molecule has 0 radical (unpaired) electrons. The van der Waals surface area contributed by atoms with Crippen LogP contribution >= 0.6 is 35.6 Å². The van der Waals surface area contributed by atoms with Gasteiger partial charge in [-0.05, 0) is 29.8 Å². The molecule has 0 bridgehead atoms. The highest BCUT2D eigenvalue weighted by atomic mass is 127. The van der Waals surface area contributed by atoms with Crippen LogP contribution in [0.2, 0.25) is 5.02 Å². The number of hydrogen-bond donors (Lipinski definition) is 2. The normalized spacial score (nSPS) is 10.8. The Morgan fingerprint density at radius 3 is 2.77 bits per heavy atom. The third kappa shape index (κ3) is 5.34. The number of anilines is 1. The maximum atomic E-state index is 13.0. The molecule has 2 rings (SSSR count). The first-order valence-corrected chi connectivity index (χ1v) is 6.61. The monoisotopic (exact) mass is 435 g/mol. The Labute approximate surface area is 150 Å². The van der Waals surface area contributed by atoms with Crippen LogP contribution in [-0.2, 0) is 6.54 Å². The third-order valence-corrected chi connectivity index (χ3v) is 3.05. The number of benzene rings is 2. The Morgan fingerprint density at radius 2 is 2.09 bits per heavy atom. The summed E-state index contributed by atoms with van der Waals surface area (Å²) in [7, 11) is 1.59. The lowest BCUT2D eigenvalue weighted by Crippen LogP contribution is -2.22. The molecule has 22 heavy (non-hydrogen) atoms. The van der Waals surface area contributed by atoms with Crippen molar-refractivity contribution in [2.24, 2.45) is 10.7 Å². The first kappa shape index (κ1) is 18.5. The summed E-state index contributed by atoms with van der Waals surface area (Å²) < 4.78 is 18.2. The van der Waals surface area contributed by atoms with Gasteiger partial charge in [0.15, 0.2) is 5.96 Å². The third-order valence-electron chi connectivity index (χ3n) is 2.76. The molecule has 0 aromatic heterocycles. The van der Waals surface area contributed by atoms with Gasteiger partial charge in [0, 0.05) is 11.8 Å².